The summed E-state index contributed by atoms with van der Waals surface area (Å²) in [7, 11) is 1.66. The summed E-state index contributed by atoms with van der Waals surface area (Å²) >= 11 is 0. The second-order valence-corrected chi connectivity index (χ2v) is 4.40. The first-order valence-corrected chi connectivity index (χ1v) is 5.76. The molecule has 0 amide bonds. The molecule has 0 heterocycles. The van der Waals surface area contributed by atoms with Crippen LogP contribution in [0.3, 0.4) is 0 Å². The van der Waals surface area contributed by atoms with Crippen LogP contribution in [0.15, 0.2) is 18.2 Å². The number of hydrogen-bond acceptors (Lipinski definition) is 3. The van der Waals surface area contributed by atoms with Gasteiger partial charge in [0.2, 0.25) is 0 Å². The molecule has 0 saturated carbocycles. The topological polar surface area (TPSA) is 38.5 Å². The van der Waals surface area contributed by atoms with Crippen LogP contribution in [0.5, 0.6) is 5.75 Å². The van der Waals surface area contributed by atoms with E-state index in [1.54, 1.807) is 7.11 Å². The second-order valence-electron chi connectivity index (χ2n) is 4.40. The van der Waals surface area contributed by atoms with Crippen molar-refractivity contribution in [1.82, 2.24) is 0 Å². The van der Waals surface area contributed by atoms with Crippen LogP contribution in [0.1, 0.15) is 20.8 Å². The molecule has 0 aliphatic rings. The first kappa shape index (κ1) is 12.7. The van der Waals surface area contributed by atoms with Crippen LogP contribution < -0.4 is 15.4 Å². The summed E-state index contributed by atoms with van der Waals surface area (Å²) in [5, 5.41) is 0. The number of nitrogens with two attached hydrogens (primary N) is 1. The molecule has 3 heteroatoms. The third kappa shape index (κ3) is 3.33. The molecular formula is C13H22N2O. The minimum absolute atomic E-state index is 0.632. The van der Waals surface area contributed by atoms with Crippen LogP contribution in [0.2, 0.25) is 0 Å². The Morgan fingerprint density at radius 2 is 2.00 bits per heavy atom. The van der Waals surface area contributed by atoms with Gasteiger partial charge >= 0.3 is 0 Å². The Morgan fingerprint density at radius 1 is 1.31 bits per heavy atom. The van der Waals surface area contributed by atoms with E-state index in [0.717, 1.165) is 30.2 Å². The molecule has 0 atom stereocenters. The molecule has 0 saturated heterocycles. The smallest absolute Gasteiger partial charge is 0.122 e. The molecule has 0 aromatic heterocycles. The minimum Gasteiger partial charge on any atom is -0.497 e. The third-order valence-electron chi connectivity index (χ3n) is 2.48. The summed E-state index contributed by atoms with van der Waals surface area (Å²) in [5.74, 6) is 1.45. The molecule has 2 N–H and O–H groups in total. The standard InChI is InChI=1S/C13H22N2O/c1-5-15(9-10(2)3)12-6-11(14)7-13(8-12)16-4/h6-8,10H,5,9,14H2,1-4H3. The fourth-order valence-electron chi connectivity index (χ4n) is 1.76. The fraction of sp³-hybridized carbons (Fsp3) is 0.538. The Hall–Kier alpha value is -1.38. The molecule has 1 aromatic rings. The van der Waals surface area contributed by atoms with Crippen molar-refractivity contribution in [2.24, 2.45) is 5.92 Å². The van der Waals surface area contributed by atoms with Crippen molar-refractivity contribution in [3.63, 3.8) is 0 Å². The lowest BCUT2D eigenvalue weighted by atomic mass is 10.1. The molecule has 90 valence electrons. The van der Waals surface area contributed by atoms with Gasteiger partial charge in [-0.05, 0) is 18.9 Å². The number of rotatable bonds is 5. The molecule has 3 nitrogen and oxygen atoms in total. The molecule has 0 radical (unpaired) electrons. The van der Waals surface area contributed by atoms with Gasteiger partial charge in [0.1, 0.15) is 5.75 Å². The summed E-state index contributed by atoms with van der Waals surface area (Å²) in [5.41, 5.74) is 7.73. The zero-order valence-electron chi connectivity index (χ0n) is 10.7. The average Bonchev–Trinajstić information content (AvgIpc) is 2.24. The molecule has 0 unspecified atom stereocenters. The molecule has 0 spiro atoms. The average molecular weight is 222 g/mol. The van der Waals surface area contributed by atoms with Gasteiger partial charge in [-0.25, -0.2) is 0 Å². The van der Waals surface area contributed by atoms with Crippen molar-refractivity contribution >= 4 is 11.4 Å². The summed E-state index contributed by atoms with van der Waals surface area (Å²) in [6, 6.07) is 5.86. The molecular weight excluding hydrogens is 200 g/mol. The van der Waals surface area contributed by atoms with Crippen molar-refractivity contribution in [3.8, 4) is 5.75 Å². The normalized spacial score (nSPS) is 10.6. The Balaban J connectivity index is 2.95. The van der Waals surface area contributed by atoms with Crippen molar-refractivity contribution in [3.05, 3.63) is 18.2 Å². The largest absolute Gasteiger partial charge is 0.497 e. The second kappa shape index (κ2) is 5.64. The molecule has 0 fully saturated rings. The molecule has 1 rings (SSSR count). The minimum atomic E-state index is 0.632. The molecule has 16 heavy (non-hydrogen) atoms. The van der Waals surface area contributed by atoms with E-state index < -0.39 is 0 Å². The van der Waals surface area contributed by atoms with Crippen LogP contribution in [-0.2, 0) is 0 Å². The number of ether oxygens (including phenoxy) is 1. The fourth-order valence-corrected chi connectivity index (χ4v) is 1.76. The van der Waals surface area contributed by atoms with Crippen molar-refractivity contribution in [2.75, 3.05) is 30.8 Å². The van der Waals surface area contributed by atoms with E-state index in [0.29, 0.717) is 5.92 Å². The van der Waals surface area contributed by atoms with Crippen molar-refractivity contribution in [1.29, 1.82) is 0 Å². The van der Waals surface area contributed by atoms with Crippen LogP contribution in [0.25, 0.3) is 0 Å². The predicted octanol–water partition coefficient (Wildman–Crippen LogP) is 2.76. The Labute approximate surface area is 98.2 Å². The first-order chi connectivity index (χ1) is 7.56. The number of nitrogen functional groups attached to an aromatic ring is 1. The van der Waals surface area contributed by atoms with E-state index in [1.165, 1.54) is 0 Å². The van der Waals surface area contributed by atoms with Gasteiger partial charge in [0.15, 0.2) is 0 Å². The van der Waals surface area contributed by atoms with Crippen LogP contribution in [-0.4, -0.2) is 20.2 Å². The van der Waals surface area contributed by atoms with Crippen molar-refractivity contribution < 1.29 is 4.74 Å². The maximum absolute atomic E-state index is 5.85. The predicted molar refractivity (Wildman–Crippen MR) is 70.1 cm³/mol. The van der Waals surface area contributed by atoms with Gasteiger partial charge in [0.05, 0.1) is 7.11 Å². The van der Waals surface area contributed by atoms with E-state index in [4.69, 9.17) is 10.5 Å². The highest BCUT2D eigenvalue weighted by Gasteiger charge is 2.08. The number of methoxy groups -OCH3 is 1. The number of benzene rings is 1. The lowest BCUT2D eigenvalue weighted by molar-refractivity contribution is 0.415. The quantitative estimate of drug-likeness (QED) is 0.778. The van der Waals surface area contributed by atoms with Gasteiger partial charge in [-0.3, -0.25) is 0 Å². The Bertz CT molecular complexity index is 337. The highest BCUT2D eigenvalue weighted by Crippen LogP contribution is 2.25. The molecule has 1 aromatic carbocycles. The van der Waals surface area contributed by atoms with E-state index in [9.17, 15) is 0 Å². The van der Waals surface area contributed by atoms with E-state index >= 15 is 0 Å². The van der Waals surface area contributed by atoms with Gasteiger partial charge in [-0.15, -0.1) is 0 Å². The van der Waals surface area contributed by atoms with Crippen molar-refractivity contribution in [2.45, 2.75) is 20.8 Å². The highest BCUT2D eigenvalue weighted by molar-refractivity contribution is 5.60. The van der Waals surface area contributed by atoms with Gasteiger partial charge < -0.3 is 15.4 Å². The lowest BCUT2D eigenvalue weighted by Crippen LogP contribution is -2.27. The monoisotopic (exact) mass is 222 g/mol. The maximum atomic E-state index is 5.85. The first-order valence-electron chi connectivity index (χ1n) is 5.76. The van der Waals surface area contributed by atoms with Crippen LogP contribution in [0.4, 0.5) is 11.4 Å². The SMILES string of the molecule is CCN(CC(C)C)c1cc(N)cc(OC)c1. The van der Waals surface area contributed by atoms with Crippen LogP contribution >= 0.6 is 0 Å². The number of anilines is 2. The summed E-state index contributed by atoms with van der Waals surface area (Å²) in [4.78, 5) is 2.31. The van der Waals surface area contributed by atoms with Crippen LogP contribution in [0, 0.1) is 5.92 Å². The molecule has 0 aliphatic heterocycles. The summed E-state index contributed by atoms with van der Waals surface area (Å²) in [6.45, 7) is 8.59. The summed E-state index contributed by atoms with van der Waals surface area (Å²) < 4.78 is 5.23. The maximum Gasteiger partial charge on any atom is 0.122 e. The van der Waals surface area contributed by atoms with Gasteiger partial charge in [0, 0.05) is 36.6 Å². The Kier molecular flexibility index (Phi) is 4.47. The number of nitrogens with zero attached hydrogens (tertiary/aromatic N) is 1. The van der Waals surface area contributed by atoms with E-state index in [1.807, 2.05) is 18.2 Å². The van der Waals surface area contributed by atoms with E-state index in [-0.39, 0.29) is 0 Å². The van der Waals surface area contributed by atoms with Gasteiger partial charge in [0.25, 0.3) is 0 Å². The molecule has 0 bridgehead atoms. The summed E-state index contributed by atoms with van der Waals surface area (Å²) in [6.07, 6.45) is 0. The zero-order valence-corrected chi connectivity index (χ0v) is 10.7. The Morgan fingerprint density at radius 3 is 2.50 bits per heavy atom. The molecule has 0 aliphatic carbocycles. The lowest BCUT2D eigenvalue weighted by Gasteiger charge is -2.25. The van der Waals surface area contributed by atoms with Gasteiger partial charge in [-0.1, -0.05) is 13.8 Å². The van der Waals surface area contributed by atoms with Gasteiger partial charge in [-0.2, -0.15) is 0 Å². The third-order valence-corrected chi connectivity index (χ3v) is 2.48. The number of hydrogen-bond donors (Lipinski definition) is 1. The zero-order chi connectivity index (χ0) is 12.1. The highest BCUT2D eigenvalue weighted by atomic mass is 16.5. The van der Waals surface area contributed by atoms with E-state index in [2.05, 4.69) is 25.7 Å².